The van der Waals surface area contributed by atoms with Crippen LogP contribution in [0.1, 0.15) is 12.5 Å². The standard InChI is InChI=1S/C24H20ClN3O4S2/c1-15-12-16-4-2-3-5-21(16)28(15)23(29)14-33-24-26-20-13-19(10-11-22(20)32-24)34(30,31)27-18-8-6-17(25)7-9-18/h2-11,13,15,27H,12,14H2,1H3/t15-/m0/s1. The highest BCUT2D eigenvalue weighted by atomic mass is 35.5. The number of oxazole rings is 1. The molecule has 1 aliphatic heterocycles. The van der Waals surface area contributed by atoms with Gasteiger partial charge in [-0.2, -0.15) is 0 Å². The Balaban J connectivity index is 1.30. The molecule has 3 aromatic carbocycles. The van der Waals surface area contributed by atoms with Gasteiger partial charge in [-0.3, -0.25) is 9.52 Å². The van der Waals surface area contributed by atoms with Gasteiger partial charge in [-0.25, -0.2) is 13.4 Å². The lowest BCUT2D eigenvalue weighted by Crippen LogP contribution is -2.36. The first-order valence-corrected chi connectivity index (χ1v) is 13.4. The number of anilines is 2. The summed E-state index contributed by atoms with van der Waals surface area (Å²) in [6, 6.07) is 18.8. The summed E-state index contributed by atoms with van der Waals surface area (Å²) in [5.74, 6) is 0.134. The van der Waals surface area contributed by atoms with Crippen molar-refractivity contribution in [3.8, 4) is 0 Å². The lowest BCUT2D eigenvalue weighted by atomic mass is 10.1. The van der Waals surface area contributed by atoms with Gasteiger partial charge in [0.05, 0.1) is 10.6 Å². The molecule has 174 valence electrons. The van der Waals surface area contributed by atoms with Crippen LogP contribution in [-0.4, -0.2) is 31.1 Å². The number of fused-ring (bicyclic) bond motifs is 2. The van der Waals surface area contributed by atoms with Crippen LogP contribution in [0.5, 0.6) is 0 Å². The number of nitrogens with zero attached hydrogens (tertiary/aromatic N) is 2. The molecule has 1 amide bonds. The van der Waals surface area contributed by atoms with Gasteiger partial charge in [0, 0.05) is 22.4 Å². The number of halogens is 1. The lowest BCUT2D eigenvalue weighted by Gasteiger charge is -2.22. The van der Waals surface area contributed by atoms with Crippen molar-refractivity contribution in [3.63, 3.8) is 0 Å². The van der Waals surface area contributed by atoms with Crippen LogP contribution in [0.2, 0.25) is 5.02 Å². The van der Waals surface area contributed by atoms with E-state index in [0.29, 0.717) is 27.0 Å². The topological polar surface area (TPSA) is 92.5 Å². The molecule has 4 aromatic rings. The number of rotatable bonds is 6. The lowest BCUT2D eigenvalue weighted by molar-refractivity contribution is -0.116. The summed E-state index contributed by atoms with van der Waals surface area (Å²) in [7, 11) is -3.82. The Morgan fingerprint density at radius 1 is 1.18 bits per heavy atom. The maximum atomic E-state index is 12.9. The van der Waals surface area contributed by atoms with Crippen LogP contribution in [0.3, 0.4) is 0 Å². The van der Waals surface area contributed by atoms with Crippen LogP contribution in [-0.2, 0) is 21.2 Å². The second-order valence-electron chi connectivity index (χ2n) is 7.96. The van der Waals surface area contributed by atoms with Crippen molar-refractivity contribution >= 4 is 61.8 Å². The van der Waals surface area contributed by atoms with Gasteiger partial charge in [0.15, 0.2) is 5.58 Å². The summed E-state index contributed by atoms with van der Waals surface area (Å²) in [6.45, 7) is 2.03. The van der Waals surface area contributed by atoms with Gasteiger partial charge in [0.2, 0.25) is 5.91 Å². The molecule has 0 aliphatic carbocycles. The van der Waals surface area contributed by atoms with E-state index >= 15 is 0 Å². The first kappa shape index (κ1) is 22.8. The highest BCUT2D eigenvalue weighted by Crippen LogP contribution is 2.33. The molecule has 0 saturated carbocycles. The van der Waals surface area contributed by atoms with Gasteiger partial charge in [-0.1, -0.05) is 41.6 Å². The third-order valence-corrected chi connectivity index (χ3v) is 7.99. The summed E-state index contributed by atoms with van der Waals surface area (Å²) in [5.41, 5.74) is 3.35. The molecule has 0 spiro atoms. The number of nitrogens with one attached hydrogen (secondary N) is 1. The number of carbonyl (C=O) groups excluding carboxylic acids is 1. The second-order valence-corrected chi connectivity index (χ2v) is 11.0. The molecule has 1 aliphatic rings. The van der Waals surface area contributed by atoms with Crippen molar-refractivity contribution in [2.24, 2.45) is 0 Å². The third-order valence-electron chi connectivity index (χ3n) is 5.54. The van der Waals surface area contributed by atoms with Gasteiger partial charge < -0.3 is 9.32 Å². The molecule has 1 aromatic heterocycles. The fourth-order valence-corrected chi connectivity index (χ4v) is 5.89. The fourth-order valence-electron chi connectivity index (χ4n) is 3.99. The predicted octanol–water partition coefficient (Wildman–Crippen LogP) is 5.35. The van der Waals surface area contributed by atoms with Crippen LogP contribution in [0.4, 0.5) is 11.4 Å². The number of para-hydroxylation sites is 1. The van der Waals surface area contributed by atoms with E-state index in [1.165, 1.54) is 23.9 Å². The first-order valence-electron chi connectivity index (χ1n) is 10.5. The summed E-state index contributed by atoms with van der Waals surface area (Å²) >= 11 is 7.05. The van der Waals surface area contributed by atoms with Crippen LogP contribution in [0, 0.1) is 0 Å². The molecule has 2 heterocycles. The highest BCUT2D eigenvalue weighted by Gasteiger charge is 2.30. The van der Waals surface area contributed by atoms with Gasteiger partial charge in [0.25, 0.3) is 15.2 Å². The molecule has 1 atom stereocenters. The molecular weight excluding hydrogens is 494 g/mol. The van der Waals surface area contributed by atoms with E-state index in [1.807, 2.05) is 36.1 Å². The minimum atomic E-state index is -3.82. The SMILES string of the molecule is C[C@H]1Cc2ccccc2N1C(=O)CSc1nc2cc(S(=O)(=O)Nc3ccc(Cl)cc3)ccc2o1. The maximum absolute atomic E-state index is 12.9. The number of amides is 1. The van der Waals surface area contributed by atoms with Crippen molar-refractivity contribution in [1.29, 1.82) is 0 Å². The third kappa shape index (κ3) is 4.51. The predicted molar refractivity (Wildman–Crippen MR) is 134 cm³/mol. The van der Waals surface area contributed by atoms with Crippen molar-refractivity contribution in [1.82, 2.24) is 4.98 Å². The Bertz CT molecular complexity index is 1490. The normalized spacial score (nSPS) is 15.5. The number of hydrogen-bond acceptors (Lipinski definition) is 6. The summed E-state index contributed by atoms with van der Waals surface area (Å²) in [6.07, 6.45) is 0.830. The molecule has 0 fully saturated rings. The van der Waals surface area contributed by atoms with Crippen LogP contribution >= 0.6 is 23.4 Å². The molecule has 5 rings (SSSR count). The molecule has 0 saturated heterocycles. The Hall–Kier alpha value is -3.01. The van der Waals surface area contributed by atoms with E-state index in [4.69, 9.17) is 16.0 Å². The number of aromatic nitrogens is 1. The fraction of sp³-hybridized carbons (Fsp3) is 0.167. The van der Waals surface area contributed by atoms with E-state index in [2.05, 4.69) is 9.71 Å². The summed E-state index contributed by atoms with van der Waals surface area (Å²) in [5, 5.41) is 0.822. The summed E-state index contributed by atoms with van der Waals surface area (Å²) in [4.78, 5) is 19.2. The average molecular weight is 514 g/mol. The molecule has 34 heavy (non-hydrogen) atoms. The van der Waals surface area contributed by atoms with Crippen LogP contribution in [0.15, 0.2) is 81.3 Å². The van der Waals surface area contributed by atoms with Gasteiger partial charge in [-0.05, 0) is 67.4 Å². The number of hydrogen-bond donors (Lipinski definition) is 1. The zero-order chi connectivity index (χ0) is 23.9. The van der Waals surface area contributed by atoms with Crippen molar-refractivity contribution in [3.05, 3.63) is 77.3 Å². The van der Waals surface area contributed by atoms with Crippen molar-refractivity contribution in [2.45, 2.75) is 29.5 Å². The highest BCUT2D eigenvalue weighted by molar-refractivity contribution is 7.99. The molecule has 7 nitrogen and oxygen atoms in total. The van der Waals surface area contributed by atoms with Gasteiger partial charge in [-0.15, -0.1) is 0 Å². The monoisotopic (exact) mass is 513 g/mol. The Labute approximate surface area is 206 Å². The minimum absolute atomic E-state index is 0.0277. The molecular formula is C24H20ClN3O4S2. The Morgan fingerprint density at radius 2 is 1.94 bits per heavy atom. The Kier molecular flexibility index (Phi) is 6.01. The van der Waals surface area contributed by atoms with E-state index in [1.54, 1.807) is 30.3 Å². The number of benzene rings is 3. The van der Waals surface area contributed by atoms with Gasteiger partial charge in [0.1, 0.15) is 5.52 Å². The largest absolute Gasteiger partial charge is 0.431 e. The second kappa shape index (κ2) is 8.98. The van der Waals surface area contributed by atoms with E-state index < -0.39 is 10.0 Å². The van der Waals surface area contributed by atoms with Crippen LogP contribution < -0.4 is 9.62 Å². The number of thioether (sulfide) groups is 1. The number of sulfonamides is 1. The first-order chi connectivity index (χ1) is 16.3. The van der Waals surface area contributed by atoms with E-state index in [0.717, 1.165) is 17.7 Å². The number of carbonyl (C=O) groups is 1. The van der Waals surface area contributed by atoms with Crippen molar-refractivity contribution in [2.75, 3.05) is 15.4 Å². The zero-order valence-electron chi connectivity index (χ0n) is 18.1. The maximum Gasteiger partial charge on any atom is 0.261 e. The zero-order valence-corrected chi connectivity index (χ0v) is 20.5. The van der Waals surface area contributed by atoms with Crippen LogP contribution in [0.25, 0.3) is 11.1 Å². The molecule has 0 bridgehead atoms. The Morgan fingerprint density at radius 3 is 2.74 bits per heavy atom. The van der Waals surface area contributed by atoms with E-state index in [9.17, 15) is 13.2 Å². The molecule has 0 radical (unpaired) electrons. The molecule has 10 heteroatoms. The van der Waals surface area contributed by atoms with Gasteiger partial charge >= 0.3 is 0 Å². The van der Waals surface area contributed by atoms with E-state index in [-0.39, 0.29) is 22.6 Å². The molecule has 1 N–H and O–H groups in total. The molecule has 0 unspecified atom stereocenters. The smallest absolute Gasteiger partial charge is 0.261 e. The average Bonchev–Trinajstić information content (AvgIpc) is 3.38. The quantitative estimate of drug-likeness (QED) is 0.349. The summed E-state index contributed by atoms with van der Waals surface area (Å²) < 4.78 is 33.8. The minimum Gasteiger partial charge on any atom is -0.431 e. The van der Waals surface area contributed by atoms with Crippen molar-refractivity contribution < 1.29 is 17.6 Å².